The van der Waals surface area contributed by atoms with Crippen LogP contribution < -0.4 is 4.90 Å². The Labute approximate surface area is 200 Å². The smallest absolute Gasteiger partial charge is 0.159 e. The summed E-state index contributed by atoms with van der Waals surface area (Å²) in [5.74, 6) is 2.49. The summed E-state index contributed by atoms with van der Waals surface area (Å²) in [5, 5.41) is 0. The Bertz CT molecular complexity index is 1460. The summed E-state index contributed by atoms with van der Waals surface area (Å²) in [6, 6.07) is 8.46. The molecule has 174 valence electrons. The molecule has 0 radical (unpaired) electrons. The highest BCUT2D eigenvalue weighted by Crippen LogP contribution is 2.32. The SMILES string of the molecule is COCCn1c(-c2cnc(-c3ccc4scnc4c3)[nH]2)nc2c(N3CCOC[C@H]3C)nccc21. The predicted molar refractivity (Wildman–Crippen MR) is 133 cm³/mol. The number of imidazole rings is 2. The Morgan fingerprint density at radius 1 is 1.24 bits per heavy atom. The van der Waals surface area contributed by atoms with Crippen molar-refractivity contribution in [3.8, 4) is 22.9 Å². The van der Waals surface area contributed by atoms with Gasteiger partial charge in [0.1, 0.15) is 17.0 Å². The zero-order valence-electron chi connectivity index (χ0n) is 19.1. The molecule has 0 bridgehead atoms. The van der Waals surface area contributed by atoms with Gasteiger partial charge in [0.05, 0.1) is 53.3 Å². The zero-order chi connectivity index (χ0) is 23.1. The monoisotopic (exact) mass is 475 g/mol. The summed E-state index contributed by atoms with van der Waals surface area (Å²) in [6.07, 6.45) is 3.70. The molecule has 0 amide bonds. The zero-order valence-corrected chi connectivity index (χ0v) is 19.9. The van der Waals surface area contributed by atoms with E-state index in [0.717, 1.165) is 56.5 Å². The number of aromatic nitrogens is 6. The number of aromatic amines is 1. The third-order valence-electron chi connectivity index (χ3n) is 6.23. The Morgan fingerprint density at radius 3 is 3.06 bits per heavy atom. The van der Waals surface area contributed by atoms with E-state index in [1.165, 1.54) is 0 Å². The standard InChI is InChI=1S/C24H25N7O2S/c1-15-13-33-10-8-30(15)24-21-19(5-6-25-24)31(7-9-32-2)23(29-21)18-12-26-22(28-18)16-3-4-20-17(11-16)27-14-34-20/h3-6,11-12,14-15H,7-10,13H2,1-2H3,(H,26,28)/t15-/m1/s1. The molecule has 9 nitrogen and oxygen atoms in total. The van der Waals surface area contributed by atoms with Crippen LogP contribution in [0.2, 0.25) is 0 Å². The second-order valence-electron chi connectivity index (χ2n) is 8.38. The summed E-state index contributed by atoms with van der Waals surface area (Å²) < 4.78 is 14.4. The molecule has 1 fully saturated rings. The average Bonchev–Trinajstić information content (AvgIpc) is 3.60. The average molecular weight is 476 g/mol. The molecule has 1 aliphatic rings. The lowest BCUT2D eigenvalue weighted by Crippen LogP contribution is -2.44. The van der Waals surface area contributed by atoms with Gasteiger partial charge in [0.2, 0.25) is 0 Å². The first-order chi connectivity index (χ1) is 16.7. The van der Waals surface area contributed by atoms with Crippen molar-refractivity contribution in [2.24, 2.45) is 0 Å². The van der Waals surface area contributed by atoms with E-state index < -0.39 is 0 Å². The number of morpholine rings is 1. The topological polar surface area (TPSA) is 94.0 Å². The lowest BCUT2D eigenvalue weighted by atomic mass is 10.2. The second kappa shape index (κ2) is 8.79. The lowest BCUT2D eigenvalue weighted by molar-refractivity contribution is 0.0987. The molecular formula is C24H25N7O2S. The molecule has 0 spiro atoms. The van der Waals surface area contributed by atoms with Crippen LogP contribution in [0.4, 0.5) is 5.82 Å². The third kappa shape index (κ3) is 3.64. The van der Waals surface area contributed by atoms with E-state index in [1.807, 2.05) is 24.0 Å². The van der Waals surface area contributed by atoms with Crippen molar-refractivity contribution in [2.45, 2.75) is 19.5 Å². The largest absolute Gasteiger partial charge is 0.383 e. The molecule has 5 aromatic rings. The van der Waals surface area contributed by atoms with E-state index in [0.29, 0.717) is 26.4 Å². The number of nitrogens with one attached hydrogen (secondary N) is 1. The fourth-order valence-electron chi connectivity index (χ4n) is 4.49. The Hall–Kier alpha value is -3.34. The van der Waals surface area contributed by atoms with E-state index in [9.17, 15) is 0 Å². The maximum atomic E-state index is 5.63. The molecule has 6 rings (SSSR count). The van der Waals surface area contributed by atoms with Crippen molar-refractivity contribution < 1.29 is 9.47 Å². The number of ether oxygens (including phenoxy) is 2. The van der Waals surface area contributed by atoms with Crippen molar-refractivity contribution in [3.63, 3.8) is 0 Å². The predicted octanol–water partition coefficient (Wildman–Crippen LogP) is 3.97. The van der Waals surface area contributed by atoms with Crippen LogP contribution >= 0.6 is 11.3 Å². The molecule has 0 aliphatic carbocycles. The van der Waals surface area contributed by atoms with Crippen LogP contribution in [0.15, 0.2) is 42.2 Å². The molecule has 1 N–H and O–H groups in total. The molecule has 10 heteroatoms. The van der Waals surface area contributed by atoms with Crippen LogP contribution in [0, 0.1) is 0 Å². The summed E-state index contributed by atoms with van der Waals surface area (Å²) in [7, 11) is 1.71. The number of nitrogens with zero attached hydrogens (tertiary/aromatic N) is 6. The molecule has 5 heterocycles. The number of fused-ring (bicyclic) bond motifs is 2. The number of hydrogen-bond donors (Lipinski definition) is 1. The van der Waals surface area contributed by atoms with E-state index in [2.05, 4.69) is 49.5 Å². The highest BCUT2D eigenvalue weighted by atomic mass is 32.1. The quantitative estimate of drug-likeness (QED) is 0.397. The molecule has 1 aliphatic heterocycles. The minimum atomic E-state index is 0.235. The number of benzene rings is 1. The van der Waals surface area contributed by atoms with Gasteiger partial charge in [-0.15, -0.1) is 11.3 Å². The summed E-state index contributed by atoms with van der Waals surface area (Å²) in [5.41, 5.74) is 6.58. The highest BCUT2D eigenvalue weighted by Gasteiger charge is 2.25. The van der Waals surface area contributed by atoms with Crippen molar-refractivity contribution in [2.75, 3.05) is 38.4 Å². The van der Waals surface area contributed by atoms with Crippen LogP contribution in [-0.2, 0) is 16.0 Å². The second-order valence-corrected chi connectivity index (χ2v) is 9.27. The number of hydrogen-bond acceptors (Lipinski definition) is 8. The number of rotatable bonds is 6. The Morgan fingerprint density at radius 2 is 2.18 bits per heavy atom. The van der Waals surface area contributed by atoms with Gasteiger partial charge in [-0.3, -0.25) is 0 Å². The fraction of sp³-hybridized carbons (Fsp3) is 0.333. The van der Waals surface area contributed by atoms with Gasteiger partial charge in [-0.2, -0.15) is 0 Å². The number of H-pyrrole nitrogens is 1. The molecular weight excluding hydrogens is 450 g/mol. The van der Waals surface area contributed by atoms with Gasteiger partial charge in [0, 0.05) is 32.0 Å². The van der Waals surface area contributed by atoms with Crippen LogP contribution in [0.3, 0.4) is 0 Å². The first-order valence-corrected chi connectivity index (χ1v) is 12.2. The van der Waals surface area contributed by atoms with Crippen molar-refractivity contribution in [1.29, 1.82) is 0 Å². The number of pyridine rings is 1. The minimum Gasteiger partial charge on any atom is -0.383 e. The summed E-state index contributed by atoms with van der Waals surface area (Å²) in [6.45, 7) is 5.56. The normalized spacial score (nSPS) is 16.6. The first kappa shape index (κ1) is 21.2. The van der Waals surface area contributed by atoms with Crippen LogP contribution in [-0.4, -0.2) is 69.0 Å². The van der Waals surface area contributed by atoms with Gasteiger partial charge >= 0.3 is 0 Å². The van der Waals surface area contributed by atoms with Gasteiger partial charge in [0.25, 0.3) is 0 Å². The van der Waals surface area contributed by atoms with Gasteiger partial charge in [0.15, 0.2) is 11.6 Å². The van der Waals surface area contributed by atoms with E-state index in [1.54, 1.807) is 18.4 Å². The highest BCUT2D eigenvalue weighted by molar-refractivity contribution is 7.16. The molecule has 0 saturated carbocycles. The van der Waals surface area contributed by atoms with Crippen LogP contribution in [0.5, 0.6) is 0 Å². The molecule has 1 aromatic carbocycles. The number of anilines is 1. The van der Waals surface area contributed by atoms with Gasteiger partial charge in [-0.1, -0.05) is 0 Å². The Balaban J connectivity index is 1.45. The van der Waals surface area contributed by atoms with E-state index >= 15 is 0 Å². The van der Waals surface area contributed by atoms with Gasteiger partial charge in [-0.25, -0.2) is 19.9 Å². The maximum Gasteiger partial charge on any atom is 0.159 e. The van der Waals surface area contributed by atoms with Crippen molar-refractivity contribution in [3.05, 3.63) is 42.2 Å². The molecule has 1 atom stereocenters. The van der Waals surface area contributed by atoms with E-state index in [-0.39, 0.29) is 6.04 Å². The van der Waals surface area contributed by atoms with Crippen molar-refractivity contribution >= 4 is 38.4 Å². The Kier molecular flexibility index (Phi) is 5.48. The fourth-order valence-corrected chi connectivity index (χ4v) is 5.15. The third-order valence-corrected chi connectivity index (χ3v) is 7.04. The molecule has 4 aromatic heterocycles. The first-order valence-electron chi connectivity index (χ1n) is 11.3. The van der Waals surface area contributed by atoms with Gasteiger partial charge < -0.3 is 23.9 Å². The van der Waals surface area contributed by atoms with Crippen LogP contribution in [0.1, 0.15) is 6.92 Å². The van der Waals surface area contributed by atoms with E-state index in [4.69, 9.17) is 19.4 Å². The molecule has 0 unspecified atom stereocenters. The number of methoxy groups -OCH3 is 1. The summed E-state index contributed by atoms with van der Waals surface area (Å²) >= 11 is 1.63. The molecule has 1 saturated heterocycles. The number of thiazole rings is 1. The van der Waals surface area contributed by atoms with Crippen LogP contribution in [0.25, 0.3) is 44.2 Å². The van der Waals surface area contributed by atoms with Crippen molar-refractivity contribution in [1.82, 2.24) is 29.5 Å². The maximum absolute atomic E-state index is 5.63. The summed E-state index contributed by atoms with van der Waals surface area (Å²) in [4.78, 5) is 24.6. The minimum absolute atomic E-state index is 0.235. The molecule has 34 heavy (non-hydrogen) atoms. The lowest BCUT2D eigenvalue weighted by Gasteiger charge is -2.34. The van der Waals surface area contributed by atoms with Gasteiger partial charge in [-0.05, 0) is 31.2 Å².